The van der Waals surface area contributed by atoms with Gasteiger partial charge in [0.15, 0.2) is 11.6 Å². The molecule has 116 valence electrons. The lowest BCUT2D eigenvalue weighted by atomic mass is 10.1. The van der Waals surface area contributed by atoms with E-state index in [-0.39, 0.29) is 16.3 Å². The van der Waals surface area contributed by atoms with Crippen LogP contribution in [0.2, 0.25) is 10.0 Å². The number of nitrogens with zero attached hydrogens (tertiary/aromatic N) is 1. The molecule has 3 nitrogen and oxygen atoms in total. The van der Waals surface area contributed by atoms with Crippen LogP contribution in [0.3, 0.4) is 0 Å². The molecular weight excluding hydrogens is 345 g/mol. The largest absolute Gasteiger partial charge is 0.320 e. The molecule has 1 N–H and O–H groups in total. The van der Waals surface area contributed by atoms with E-state index in [1.54, 1.807) is 6.07 Å². The van der Waals surface area contributed by atoms with Crippen LogP contribution in [0.5, 0.6) is 0 Å². The monoisotopic (exact) mass is 352 g/mol. The molecule has 2 rings (SSSR count). The lowest BCUT2D eigenvalue weighted by molar-refractivity contribution is -0.112. The van der Waals surface area contributed by atoms with Crippen LogP contribution in [0.1, 0.15) is 5.56 Å². The molecule has 0 aliphatic carbocycles. The van der Waals surface area contributed by atoms with Crippen molar-refractivity contribution in [3.05, 3.63) is 69.2 Å². The van der Waals surface area contributed by atoms with Gasteiger partial charge < -0.3 is 5.32 Å². The number of benzene rings is 2. The fourth-order valence-corrected chi connectivity index (χ4v) is 2.06. The lowest BCUT2D eigenvalue weighted by Gasteiger charge is -2.07. The van der Waals surface area contributed by atoms with Crippen molar-refractivity contribution in [2.45, 2.75) is 0 Å². The molecule has 0 saturated heterocycles. The van der Waals surface area contributed by atoms with Gasteiger partial charge in [0.25, 0.3) is 5.91 Å². The number of hydrogen-bond acceptors (Lipinski definition) is 2. The molecule has 23 heavy (non-hydrogen) atoms. The van der Waals surface area contributed by atoms with E-state index in [0.29, 0.717) is 5.02 Å². The highest BCUT2D eigenvalue weighted by molar-refractivity contribution is 6.36. The second kappa shape index (κ2) is 7.23. The molecule has 2 aromatic carbocycles. The number of halogens is 4. The molecule has 0 unspecified atom stereocenters. The summed E-state index contributed by atoms with van der Waals surface area (Å²) in [4.78, 5) is 12.1. The Kier molecular flexibility index (Phi) is 5.32. The molecule has 0 aromatic heterocycles. The van der Waals surface area contributed by atoms with Gasteiger partial charge in [-0.2, -0.15) is 5.26 Å². The Hall–Kier alpha value is -2.42. The van der Waals surface area contributed by atoms with Crippen molar-refractivity contribution in [1.82, 2.24) is 0 Å². The molecule has 0 radical (unpaired) electrons. The molecule has 1 amide bonds. The van der Waals surface area contributed by atoms with Gasteiger partial charge in [0.1, 0.15) is 11.6 Å². The summed E-state index contributed by atoms with van der Waals surface area (Å²) in [6, 6.07) is 9.49. The summed E-state index contributed by atoms with van der Waals surface area (Å²) in [5.41, 5.74) is -0.426. The van der Waals surface area contributed by atoms with Gasteiger partial charge in [0, 0.05) is 10.6 Å². The first kappa shape index (κ1) is 16.9. The molecule has 0 aliphatic rings. The molecule has 0 atom stereocenters. The Balaban J connectivity index is 2.32. The number of nitriles is 1. The van der Waals surface area contributed by atoms with Gasteiger partial charge in [-0.3, -0.25) is 4.79 Å². The zero-order chi connectivity index (χ0) is 17.0. The average molecular weight is 353 g/mol. The maximum Gasteiger partial charge on any atom is 0.266 e. The van der Waals surface area contributed by atoms with Crippen LogP contribution >= 0.6 is 23.2 Å². The van der Waals surface area contributed by atoms with Crippen molar-refractivity contribution in [2.75, 3.05) is 5.32 Å². The molecule has 0 bridgehead atoms. The summed E-state index contributed by atoms with van der Waals surface area (Å²) in [5.74, 6) is -3.04. The number of carbonyl (C=O) groups excluding carboxylic acids is 1. The van der Waals surface area contributed by atoms with Crippen molar-refractivity contribution in [3.8, 4) is 6.07 Å². The summed E-state index contributed by atoms with van der Waals surface area (Å²) in [7, 11) is 0. The second-order valence-corrected chi connectivity index (χ2v) is 5.23. The van der Waals surface area contributed by atoms with Gasteiger partial charge in [0.05, 0.1) is 10.7 Å². The minimum atomic E-state index is -1.14. The van der Waals surface area contributed by atoms with E-state index in [0.717, 1.165) is 12.1 Å². The van der Waals surface area contributed by atoms with Crippen molar-refractivity contribution >= 4 is 40.9 Å². The van der Waals surface area contributed by atoms with Crippen LogP contribution < -0.4 is 5.32 Å². The smallest absolute Gasteiger partial charge is 0.266 e. The van der Waals surface area contributed by atoms with Crippen LogP contribution in [-0.4, -0.2) is 5.91 Å². The quantitative estimate of drug-likeness (QED) is 0.636. The van der Waals surface area contributed by atoms with Crippen LogP contribution in [0.15, 0.2) is 42.0 Å². The Labute approximate surface area is 140 Å². The van der Waals surface area contributed by atoms with Crippen LogP contribution in [-0.2, 0) is 4.79 Å². The van der Waals surface area contributed by atoms with Crippen molar-refractivity contribution in [1.29, 1.82) is 5.26 Å². The first-order valence-corrected chi connectivity index (χ1v) is 7.00. The average Bonchev–Trinajstić information content (AvgIpc) is 2.52. The third-order valence-corrected chi connectivity index (χ3v) is 3.39. The fourth-order valence-electron chi connectivity index (χ4n) is 1.72. The van der Waals surface area contributed by atoms with Crippen molar-refractivity contribution in [2.24, 2.45) is 0 Å². The normalized spacial score (nSPS) is 11.0. The van der Waals surface area contributed by atoms with Gasteiger partial charge in [-0.25, -0.2) is 8.78 Å². The number of hydrogen-bond donors (Lipinski definition) is 1. The summed E-state index contributed by atoms with van der Waals surface area (Å²) in [6.07, 6.45) is 0.951. The summed E-state index contributed by atoms with van der Waals surface area (Å²) >= 11 is 11.7. The Bertz CT molecular complexity index is 844. The third-order valence-electron chi connectivity index (χ3n) is 2.82. The molecule has 0 aliphatic heterocycles. The van der Waals surface area contributed by atoms with E-state index < -0.39 is 23.1 Å². The summed E-state index contributed by atoms with van der Waals surface area (Å²) in [5, 5.41) is 12.0. The number of rotatable bonds is 3. The third kappa shape index (κ3) is 4.07. The highest BCUT2D eigenvalue weighted by Gasteiger charge is 2.14. The van der Waals surface area contributed by atoms with Crippen LogP contribution in [0.4, 0.5) is 14.5 Å². The molecule has 0 fully saturated rings. The first-order valence-electron chi connectivity index (χ1n) is 6.24. The van der Waals surface area contributed by atoms with E-state index in [1.165, 1.54) is 30.3 Å². The fraction of sp³-hybridized carbons (Fsp3) is 0. The molecule has 0 spiro atoms. The van der Waals surface area contributed by atoms with E-state index in [4.69, 9.17) is 28.5 Å². The molecule has 7 heteroatoms. The second-order valence-electron chi connectivity index (χ2n) is 4.39. The van der Waals surface area contributed by atoms with Crippen molar-refractivity contribution < 1.29 is 13.6 Å². The van der Waals surface area contributed by atoms with Crippen molar-refractivity contribution in [3.63, 3.8) is 0 Å². The molecule has 0 heterocycles. The summed E-state index contributed by atoms with van der Waals surface area (Å²) in [6.45, 7) is 0. The number of nitrogens with one attached hydrogen (secondary N) is 1. The minimum Gasteiger partial charge on any atom is -0.320 e. The minimum absolute atomic E-state index is 0.199. The van der Waals surface area contributed by atoms with Gasteiger partial charge in [0.2, 0.25) is 0 Å². The van der Waals surface area contributed by atoms with Gasteiger partial charge >= 0.3 is 0 Å². The number of carbonyl (C=O) groups is 1. The first-order chi connectivity index (χ1) is 10.9. The maximum absolute atomic E-state index is 13.6. The zero-order valence-electron chi connectivity index (χ0n) is 11.4. The van der Waals surface area contributed by atoms with E-state index in [9.17, 15) is 13.6 Å². The van der Waals surface area contributed by atoms with Crippen LogP contribution in [0, 0.1) is 23.0 Å². The van der Waals surface area contributed by atoms with E-state index in [2.05, 4.69) is 5.32 Å². The Morgan fingerprint density at radius 1 is 1.22 bits per heavy atom. The summed E-state index contributed by atoms with van der Waals surface area (Å²) < 4.78 is 26.8. The predicted molar refractivity (Wildman–Crippen MR) is 85.0 cm³/mol. The van der Waals surface area contributed by atoms with Gasteiger partial charge in [-0.1, -0.05) is 35.3 Å². The topological polar surface area (TPSA) is 52.9 Å². The standard InChI is InChI=1S/C16H8Cl2F2N2O/c17-11-4-5-12(18)14(7-11)22-16(23)10(8-21)6-9-2-1-3-13(19)15(9)20/h1-7H,(H,22,23)/b10-6-. The van der Waals surface area contributed by atoms with E-state index >= 15 is 0 Å². The molecule has 2 aromatic rings. The number of amides is 1. The van der Waals surface area contributed by atoms with Gasteiger partial charge in [-0.15, -0.1) is 0 Å². The highest BCUT2D eigenvalue weighted by Crippen LogP contribution is 2.26. The highest BCUT2D eigenvalue weighted by atomic mass is 35.5. The van der Waals surface area contributed by atoms with E-state index in [1.807, 2.05) is 0 Å². The Morgan fingerprint density at radius 2 is 1.96 bits per heavy atom. The number of anilines is 1. The Morgan fingerprint density at radius 3 is 2.65 bits per heavy atom. The zero-order valence-corrected chi connectivity index (χ0v) is 12.9. The predicted octanol–water partition coefficient (Wildman–Crippen LogP) is 4.82. The lowest BCUT2D eigenvalue weighted by Crippen LogP contribution is -2.14. The SMILES string of the molecule is N#C/C(=C/c1cccc(F)c1F)C(=O)Nc1cc(Cl)ccc1Cl. The van der Waals surface area contributed by atoms with Crippen LogP contribution in [0.25, 0.3) is 6.08 Å². The molecule has 0 saturated carbocycles. The van der Waals surface area contributed by atoms with Gasteiger partial charge in [-0.05, 0) is 30.3 Å². The maximum atomic E-state index is 13.6. The molecular formula is C16H8Cl2F2N2O.